The standard InChI is InChI=1S/C28H28N4O/c1-2-16-31(15-1)17-4-5-21-8-10-22(11-9-21)19-27-29-28-7-3-6-25(32(28)30-27)23-12-13-26-24(20-23)14-18-33-26/h3,6-14,18,20H,1-2,4-5,15-17,19H2. The van der Waals surface area contributed by atoms with E-state index in [0.29, 0.717) is 0 Å². The van der Waals surface area contributed by atoms with E-state index in [-0.39, 0.29) is 0 Å². The lowest BCUT2D eigenvalue weighted by atomic mass is 10.1. The molecule has 4 heterocycles. The van der Waals surface area contributed by atoms with Gasteiger partial charge < -0.3 is 9.32 Å². The van der Waals surface area contributed by atoms with Crippen molar-refractivity contribution >= 4 is 16.6 Å². The molecule has 5 heteroatoms. The monoisotopic (exact) mass is 436 g/mol. The van der Waals surface area contributed by atoms with Gasteiger partial charge >= 0.3 is 0 Å². The highest BCUT2D eigenvalue weighted by Gasteiger charge is 2.12. The molecular formula is C28H28N4O. The van der Waals surface area contributed by atoms with Gasteiger partial charge in [0.1, 0.15) is 5.58 Å². The van der Waals surface area contributed by atoms with E-state index >= 15 is 0 Å². The van der Waals surface area contributed by atoms with E-state index < -0.39 is 0 Å². The quantitative estimate of drug-likeness (QED) is 0.325. The van der Waals surface area contributed by atoms with E-state index in [9.17, 15) is 0 Å². The zero-order valence-electron chi connectivity index (χ0n) is 18.8. The summed E-state index contributed by atoms with van der Waals surface area (Å²) in [6, 6.07) is 23.3. The highest BCUT2D eigenvalue weighted by Crippen LogP contribution is 2.25. The van der Waals surface area contributed by atoms with Crippen LogP contribution in [0.5, 0.6) is 0 Å². The first kappa shape index (κ1) is 20.2. The molecular weight excluding hydrogens is 408 g/mol. The zero-order valence-corrected chi connectivity index (χ0v) is 18.8. The Bertz CT molecular complexity index is 1380. The Hall–Kier alpha value is -3.44. The normalized spacial score (nSPS) is 14.5. The van der Waals surface area contributed by atoms with Crippen molar-refractivity contribution in [2.24, 2.45) is 0 Å². The number of pyridine rings is 1. The van der Waals surface area contributed by atoms with Gasteiger partial charge in [-0.05, 0) is 92.8 Å². The number of fused-ring (bicyclic) bond motifs is 2. The van der Waals surface area contributed by atoms with Crippen molar-refractivity contribution < 1.29 is 4.42 Å². The first-order chi connectivity index (χ1) is 16.3. The predicted molar refractivity (Wildman–Crippen MR) is 131 cm³/mol. The van der Waals surface area contributed by atoms with E-state index in [4.69, 9.17) is 14.5 Å². The number of furan rings is 1. The van der Waals surface area contributed by atoms with Crippen molar-refractivity contribution in [3.63, 3.8) is 0 Å². The van der Waals surface area contributed by atoms with Crippen LogP contribution in [0, 0.1) is 0 Å². The predicted octanol–water partition coefficient (Wildman–Crippen LogP) is 5.76. The van der Waals surface area contributed by atoms with Gasteiger partial charge in [0.15, 0.2) is 11.5 Å². The summed E-state index contributed by atoms with van der Waals surface area (Å²) >= 11 is 0. The van der Waals surface area contributed by atoms with Gasteiger partial charge in [-0.1, -0.05) is 30.3 Å². The SMILES string of the molecule is c1cc(-c2ccc3occc3c2)n2nc(Cc3ccc(CCCN4CCCC4)cc3)nc2c1. The van der Waals surface area contributed by atoms with E-state index in [2.05, 4.69) is 47.4 Å². The maximum atomic E-state index is 5.48. The van der Waals surface area contributed by atoms with Crippen LogP contribution in [0.4, 0.5) is 0 Å². The van der Waals surface area contributed by atoms with Gasteiger partial charge in [0, 0.05) is 17.4 Å². The molecule has 0 atom stereocenters. The third-order valence-corrected chi connectivity index (χ3v) is 6.68. The van der Waals surface area contributed by atoms with Crippen molar-refractivity contribution in [1.29, 1.82) is 0 Å². The molecule has 0 aliphatic carbocycles. The smallest absolute Gasteiger partial charge is 0.156 e. The highest BCUT2D eigenvalue weighted by atomic mass is 16.3. The molecule has 0 saturated carbocycles. The fourth-order valence-electron chi connectivity index (χ4n) is 4.89. The van der Waals surface area contributed by atoms with Crippen LogP contribution in [-0.2, 0) is 12.8 Å². The van der Waals surface area contributed by atoms with Gasteiger partial charge in [0.05, 0.1) is 12.0 Å². The number of hydrogen-bond acceptors (Lipinski definition) is 4. The van der Waals surface area contributed by atoms with Crippen LogP contribution in [0.15, 0.2) is 77.4 Å². The molecule has 6 rings (SSSR count). The topological polar surface area (TPSA) is 46.6 Å². The summed E-state index contributed by atoms with van der Waals surface area (Å²) < 4.78 is 7.43. The van der Waals surface area contributed by atoms with Crippen molar-refractivity contribution in [1.82, 2.24) is 19.5 Å². The second-order valence-electron chi connectivity index (χ2n) is 9.03. The summed E-state index contributed by atoms with van der Waals surface area (Å²) in [4.78, 5) is 7.38. The van der Waals surface area contributed by atoms with Crippen LogP contribution in [0.25, 0.3) is 27.9 Å². The van der Waals surface area contributed by atoms with Crippen LogP contribution in [0.2, 0.25) is 0 Å². The van der Waals surface area contributed by atoms with Gasteiger partial charge in [-0.3, -0.25) is 0 Å². The number of nitrogens with zero attached hydrogens (tertiary/aromatic N) is 4. The maximum absolute atomic E-state index is 5.48. The number of hydrogen-bond donors (Lipinski definition) is 0. The highest BCUT2D eigenvalue weighted by molar-refractivity contribution is 5.83. The molecule has 2 aromatic carbocycles. The summed E-state index contributed by atoms with van der Waals surface area (Å²) in [5.41, 5.74) is 6.55. The summed E-state index contributed by atoms with van der Waals surface area (Å²) in [6.45, 7) is 3.79. The van der Waals surface area contributed by atoms with Gasteiger partial charge in [-0.15, -0.1) is 0 Å². The molecule has 3 aromatic heterocycles. The first-order valence-electron chi connectivity index (χ1n) is 11.9. The molecule has 0 radical (unpaired) electrons. The van der Waals surface area contributed by atoms with Crippen LogP contribution < -0.4 is 0 Å². The summed E-state index contributed by atoms with van der Waals surface area (Å²) in [6.07, 6.45) is 7.58. The largest absolute Gasteiger partial charge is 0.464 e. The average Bonchev–Trinajstić information content (AvgIpc) is 3.60. The molecule has 1 fully saturated rings. The molecule has 1 aliphatic rings. The lowest BCUT2D eigenvalue weighted by molar-refractivity contribution is 0.334. The third kappa shape index (κ3) is 4.29. The lowest BCUT2D eigenvalue weighted by Gasteiger charge is -2.13. The minimum absolute atomic E-state index is 0.732. The Morgan fingerprint density at radius 1 is 0.879 bits per heavy atom. The number of benzene rings is 2. The van der Waals surface area contributed by atoms with E-state index in [1.54, 1.807) is 6.26 Å². The second kappa shape index (κ2) is 8.83. The van der Waals surface area contributed by atoms with Gasteiger partial charge in [-0.25, -0.2) is 9.50 Å². The first-order valence-corrected chi connectivity index (χ1v) is 11.9. The van der Waals surface area contributed by atoms with E-state index in [1.165, 1.54) is 50.0 Å². The molecule has 0 bridgehead atoms. The van der Waals surface area contributed by atoms with Crippen LogP contribution in [0.1, 0.15) is 36.2 Å². The lowest BCUT2D eigenvalue weighted by Crippen LogP contribution is -2.20. The molecule has 5 nitrogen and oxygen atoms in total. The molecule has 1 saturated heterocycles. The summed E-state index contributed by atoms with van der Waals surface area (Å²) in [5.74, 6) is 0.841. The second-order valence-corrected chi connectivity index (χ2v) is 9.03. The molecule has 0 N–H and O–H groups in total. The van der Waals surface area contributed by atoms with Crippen molar-refractivity contribution in [2.75, 3.05) is 19.6 Å². The van der Waals surface area contributed by atoms with Crippen LogP contribution >= 0.6 is 0 Å². The zero-order chi connectivity index (χ0) is 22.0. The molecule has 1 aliphatic heterocycles. The van der Waals surface area contributed by atoms with Gasteiger partial charge in [0.25, 0.3) is 0 Å². The molecule has 0 unspecified atom stereocenters. The Morgan fingerprint density at radius 3 is 2.61 bits per heavy atom. The van der Waals surface area contributed by atoms with Crippen molar-refractivity contribution in [2.45, 2.75) is 32.1 Å². The van der Waals surface area contributed by atoms with Crippen LogP contribution in [0.3, 0.4) is 0 Å². The number of aromatic nitrogens is 3. The van der Waals surface area contributed by atoms with E-state index in [1.807, 2.05) is 28.8 Å². The van der Waals surface area contributed by atoms with E-state index in [0.717, 1.165) is 46.5 Å². The molecule has 166 valence electrons. The molecule has 0 spiro atoms. The minimum Gasteiger partial charge on any atom is -0.464 e. The molecule has 33 heavy (non-hydrogen) atoms. The van der Waals surface area contributed by atoms with Crippen molar-refractivity contribution in [3.05, 3.63) is 89.9 Å². The Kier molecular flexibility index (Phi) is 5.40. The van der Waals surface area contributed by atoms with Crippen LogP contribution in [-0.4, -0.2) is 39.1 Å². The number of rotatable bonds is 7. The van der Waals surface area contributed by atoms with Gasteiger partial charge in [-0.2, -0.15) is 5.10 Å². The fraction of sp³-hybridized carbons (Fsp3) is 0.286. The summed E-state index contributed by atoms with van der Waals surface area (Å²) in [7, 11) is 0. The Balaban J connectivity index is 1.17. The average molecular weight is 437 g/mol. The van der Waals surface area contributed by atoms with Gasteiger partial charge in [0.2, 0.25) is 0 Å². The number of likely N-dealkylation sites (tertiary alicyclic amines) is 1. The Morgan fingerprint density at radius 2 is 1.73 bits per heavy atom. The minimum atomic E-state index is 0.732. The Labute approximate surface area is 193 Å². The third-order valence-electron chi connectivity index (χ3n) is 6.68. The fourth-order valence-corrected chi connectivity index (χ4v) is 4.89. The number of aryl methyl sites for hydroxylation is 1. The maximum Gasteiger partial charge on any atom is 0.156 e. The molecule has 0 amide bonds. The van der Waals surface area contributed by atoms with Crippen molar-refractivity contribution in [3.8, 4) is 11.3 Å². The summed E-state index contributed by atoms with van der Waals surface area (Å²) in [5, 5.41) is 5.93. The molecule has 5 aromatic rings.